The maximum Gasteiger partial charge on any atom is 0.262 e. The van der Waals surface area contributed by atoms with E-state index in [0.29, 0.717) is 16.9 Å². The average molecular weight is 379 g/mol. The van der Waals surface area contributed by atoms with Crippen LogP contribution in [-0.4, -0.2) is 25.3 Å². The second-order valence-electron chi connectivity index (χ2n) is 5.39. The van der Waals surface area contributed by atoms with Gasteiger partial charge in [-0.15, -0.1) is 0 Å². The highest BCUT2D eigenvalue weighted by Gasteiger charge is 2.40. The zero-order valence-electron chi connectivity index (χ0n) is 10.8. The molecule has 0 bridgehead atoms. The third-order valence-corrected chi connectivity index (χ3v) is 5.83. The monoisotopic (exact) mass is 377 g/mol. The van der Waals surface area contributed by atoms with E-state index in [4.69, 9.17) is 10.7 Å². The molecule has 3 rings (SSSR count). The number of fused-ring (bicyclic) bond motifs is 1. The van der Waals surface area contributed by atoms with Crippen molar-refractivity contribution in [2.75, 3.05) is 0 Å². The van der Waals surface area contributed by atoms with Gasteiger partial charge in [0.05, 0.1) is 10.5 Å². The smallest absolute Gasteiger partial charge is 0.262 e. The molecule has 0 spiro atoms. The molecule has 0 saturated heterocycles. The topological polar surface area (TPSA) is 54.5 Å². The van der Waals surface area contributed by atoms with Crippen LogP contribution in [0.25, 0.3) is 0 Å². The lowest BCUT2D eigenvalue weighted by Crippen LogP contribution is -2.34. The zero-order chi connectivity index (χ0) is 14.7. The molecule has 0 radical (unpaired) electrons. The Morgan fingerprint density at radius 2 is 2.05 bits per heavy atom. The van der Waals surface area contributed by atoms with Crippen LogP contribution in [0.15, 0.2) is 21.5 Å². The fourth-order valence-electron chi connectivity index (χ4n) is 2.76. The normalized spacial score (nSPS) is 20.1. The molecule has 1 amide bonds. The summed E-state index contributed by atoms with van der Waals surface area (Å²) in [5, 5.41) is 0. The van der Waals surface area contributed by atoms with Crippen molar-refractivity contribution in [3.8, 4) is 0 Å². The summed E-state index contributed by atoms with van der Waals surface area (Å²) in [5.41, 5.74) is 0.951. The molecule has 1 aliphatic heterocycles. The summed E-state index contributed by atoms with van der Waals surface area (Å²) in [4.78, 5) is 14.2. The Balaban J connectivity index is 2.08. The van der Waals surface area contributed by atoms with Gasteiger partial charge >= 0.3 is 0 Å². The highest BCUT2D eigenvalue weighted by Crippen LogP contribution is 2.40. The van der Waals surface area contributed by atoms with Gasteiger partial charge in [-0.1, -0.05) is 15.9 Å². The second kappa shape index (κ2) is 4.71. The van der Waals surface area contributed by atoms with Crippen LogP contribution < -0.4 is 0 Å². The largest absolute Gasteiger partial charge is 0.331 e. The lowest BCUT2D eigenvalue weighted by Gasteiger charge is -2.24. The summed E-state index contributed by atoms with van der Waals surface area (Å²) in [7, 11) is 1.52. The fourth-order valence-corrected chi connectivity index (χ4v) is 4.51. The SMILES string of the molecule is C[C@@H](C1CC1)N1Cc2cc(Br)cc(S(=O)(=O)Cl)c2C1=O. The van der Waals surface area contributed by atoms with Crippen molar-refractivity contribution in [2.24, 2.45) is 5.92 Å². The first kappa shape index (κ1) is 14.4. The molecule has 7 heteroatoms. The van der Waals surface area contributed by atoms with E-state index in [2.05, 4.69) is 15.9 Å². The van der Waals surface area contributed by atoms with Crippen molar-refractivity contribution in [1.82, 2.24) is 4.90 Å². The molecule has 0 aromatic heterocycles. The Hall–Kier alpha value is -0.590. The number of carbonyl (C=O) groups is 1. The molecule has 1 aliphatic carbocycles. The molecule has 1 heterocycles. The first-order chi connectivity index (χ1) is 9.29. The Labute approximate surface area is 130 Å². The summed E-state index contributed by atoms with van der Waals surface area (Å²) < 4.78 is 24.0. The van der Waals surface area contributed by atoms with Crippen molar-refractivity contribution in [1.29, 1.82) is 0 Å². The highest BCUT2D eigenvalue weighted by molar-refractivity contribution is 9.10. The van der Waals surface area contributed by atoms with Gasteiger partial charge in [-0.25, -0.2) is 8.42 Å². The number of hydrogen-bond acceptors (Lipinski definition) is 3. The summed E-state index contributed by atoms with van der Waals surface area (Å²) in [5.74, 6) is 0.305. The minimum absolute atomic E-state index is 0.0981. The molecule has 1 saturated carbocycles. The van der Waals surface area contributed by atoms with Crippen LogP contribution in [0, 0.1) is 5.92 Å². The third-order valence-electron chi connectivity index (χ3n) is 4.02. The Kier molecular flexibility index (Phi) is 3.38. The quantitative estimate of drug-likeness (QED) is 0.759. The second-order valence-corrected chi connectivity index (χ2v) is 8.84. The lowest BCUT2D eigenvalue weighted by atomic mass is 10.1. The predicted molar refractivity (Wildman–Crippen MR) is 79.2 cm³/mol. The highest BCUT2D eigenvalue weighted by atomic mass is 79.9. The molecule has 2 aliphatic rings. The van der Waals surface area contributed by atoms with Crippen LogP contribution in [0.5, 0.6) is 0 Å². The lowest BCUT2D eigenvalue weighted by molar-refractivity contribution is 0.0695. The van der Waals surface area contributed by atoms with Gasteiger partial charge in [0.15, 0.2) is 0 Å². The number of rotatable bonds is 3. The Morgan fingerprint density at radius 3 is 2.60 bits per heavy atom. The number of benzene rings is 1. The summed E-state index contributed by atoms with van der Waals surface area (Å²) >= 11 is 3.27. The number of halogens is 2. The number of nitrogens with zero attached hydrogens (tertiary/aromatic N) is 1. The molecule has 0 unspecified atom stereocenters. The minimum Gasteiger partial charge on any atom is -0.331 e. The number of amides is 1. The summed E-state index contributed by atoms with van der Waals surface area (Å²) in [6.07, 6.45) is 2.26. The van der Waals surface area contributed by atoms with Gasteiger partial charge in [0.2, 0.25) is 0 Å². The van der Waals surface area contributed by atoms with E-state index in [-0.39, 0.29) is 22.4 Å². The molecular formula is C13H13BrClNO3S. The number of carbonyl (C=O) groups excluding carboxylic acids is 1. The molecule has 1 fully saturated rings. The molecule has 1 aromatic rings. The van der Waals surface area contributed by atoms with Crippen LogP contribution in [0.1, 0.15) is 35.7 Å². The van der Waals surface area contributed by atoms with E-state index < -0.39 is 9.05 Å². The van der Waals surface area contributed by atoms with Gasteiger partial charge < -0.3 is 4.90 Å². The van der Waals surface area contributed by atoms with Crippen LogP contribution in [0.3, 0.4) is 0 Å². The summed E-state index contributed by atoms with van der Waals surface area (Å²) in [6, 6.07) is 3.32. The van der Waals surface area contributed by atoms with E-state index in [1.54, 1.807) is 11.0 Å². The zero-order valence-corrected chi connectivity index (χ0v) is 13.9. The molecule has 4 nitrogen and oxygen atoms in total. The van der Waals surface area contributed by atoms with Crippen LogP contribution in [-0.2, 0) is 15.6 Å². The molecule has 0 N–H and O–H groups in total. The van der Waals surface area contributed by atoms with Gasteiger partial charge in [-0.05, 0) is 43.4 Å². The Bertz CT molecular complexity index is 700. The maximum atomic E-state index is 12.5. The maximum absolute atomic E-state index is 12.5. The van der Waals surface area contributed by atoms with E-state index in [9.17, 15) is 13.2 Å². The molecule has 20 heavy (non-hydrogen) atoms. The minimum atomic E-state index is -3.94. The standard InChI is InChI=1S/C13H13BrClNO3S/c1-7(8-2-3-8)16-6-9-4-10(14)5-11(20(15,18)19)12(9)13(16)17/h4-5,7-8H,2-3,6H2,1H3/t7-/m0/s1. The molecular weight excluding hydrogens is 366 g/mol. The van der Waals surface area contributed by atoms with Crippen molar-refractivity contribution >= 4 is 41.6 Å². The van der Waals surface area contributed by atoms with E-state index in [1.807, 2.05) is 6.92 Å². The Morgan fingerprint density at radius 1 is 1.40 bits per heavy atom. The first-order valence-electron chi connectivity index (χ1n) is 6.37. The van der Waals surface area contributed by atoms with Crippen LogP contribution >= 0.6 is 26.6 Å². The average Bonchev–Trinajstić information content (AvgIpc) is 3.12. The van der Waals surface area contributed by atoms with Crippen LogP contribution in [0.4, 0.5) is 0 Å². The van der Waals surface area contributed by atoms with Gasteiger partial charge in [0, 0.05) is 27.7 Å². The van der Waals surface area contributed by atoms with Gasteiger partial charge in [-0.2, -0.15) is 0 Å². The number of hydrogen-bond donors (Lipinski definition) is 0. The third kappa shape index (κ3) is 2.38. The van der Waals surface area contributed by atoms with Crippen molar-refractivity contribution < 1.29 is 13.2 Å². The summed E-state index contributed by atoms with van der Waals surface area (Å²) in [6.45, 7) is 2.47. The van der Waals surface area contributed by atoms with Crippen LogP contribution in [0.2, 0.25) is 0 Å². The van der Waals surface area contributed by atoms with Crippen molar-refractivity contribution in [3.63, 3.8) is 0 Å². The molecule has 1 aromatic carbocycles. The fraction of sp³-hybridized carbons (Fsp3) is 0.462. The van der Waals surface area contributed by atoms with Crippen molar-refractivity contribution in [3.05, 3.63) is 27.7 Å². The van der Waals surface area contributed by atoms with Gasteiger partial charge in [0.1, 0.15) is 0 Å². The van der Waals surface area contributed by atoms with Gasteiger partial charge in [0.25, 0.3) is 15.0 Å². The molecule has 108 valence electrons. The predicted octanol–water partition coefficient (Wildman–Crippen LogP) is 3.13. The first-order valence-corrected chi connectivity index (χ1v) is 9.47. The van der Waals surface area contributed by atoms with E-state index >= 15 is 0 Å². The van der Waals surface area contributed by atoms with E-state index in [1.165, 1.54) is 6.07 Å². The van der Waals surface area contributed by atoms with Crippen molar-refractivity contribution in [2.45, 2.75) is 37.2 Å². The van der Waals surface area contributed by atoms with E-state index in [0.717, 1.165) is 18.4 Å². The molecule has 1 atom stereocenters. The van der Waals surface area contributed by atoms with Gasteiger partial charge in [-0.3, -0.25) is 4.79 Å².